The first-order valence-electron chi connectivity index (χ1n) is 6.14. The number of carbonyl (C=O) groups excluding carboxylic acids is 1. The molecule has 0 heterocycles. The minimum absolute atomic E-state index is 0.298. The van der Waals surface area contributed by atoms with Gasteiger partial charge >= 0.3 is 12.0 Å². The van der Waals surface area contributed by atoms with E-state index in [9.17, 15) is 19.1 Å². The van der Waals surface area contributed by atoms with Crippen LogP contribution in [-0.4, -0.2) is 22.6 Å². The average Bonchev–Trinajstić information content (AvgIpc) is 2.27. The molecule has 0 aliphatic rings. The highest BCUT2D eigenvalue weighted by Gasteiger charge is 2.44. The number of urea groups is 1. The fourth-order valence-electron chi connectivity index (χ4n) is 1.44. The smallest absolute Gasteiger partial charge is 0.319 e. The van der Waals surface area contributed by atoms with Crippen LogP contribution in [0.3, 0.4) is 0 Å². The van der Waals surface area contributed by atoms with Crippen LogP contribution in [0.4, 0.5) is 14.9 Å². The van der Waals surface area contributed by atoms with E-state index in [0.29, 0.717) is 5.69 Å². The number of carboxylic acid groups (broad SMARTS) is 1. The van der Waals surface area contributed by atoms with E-state index in [2.05, 4.69) is 10.6 Å². The van der Waals surface area contributed by atoms with Crippen molar-refractivity contribution in [2.45, 2.75) is 33.2 Å². The van der Waals surface area contributed by atoms with Gasteiger partial charge in [0.05, 0.1) is 11.0 Å². The van der Waals surface area contributed by atoms with Crippen LogP contribution >= 0.6 is 0 Å². The monoisotopic (exact) mass is 282 g/mol. The van der Waals surface area contributed by atoms with Crippen LogP contribution in [0.5, 0.6) is 0 Å². The van der Waals surface area contributed by atoms with Crippen LogP contribution in [0.2, 0.25) is 0 Å². The highest BCUT2D eigenvalue weighted by Crippen LogP contribution is 2.30. The summed E-state index contributed by atoms with van der Waals surface area (Å²) in [7, 11) is 0. The van der Waals surface area contributed by atoms with Crippen molar-refractivity contribution in [2.75, 3.05) is 5.32 Å². The zero-order valence-electron chi connectivity index (χ0n) is 12.0. The van der Waals surface area contributed by atoms with Crippen molar-refractivity contribution >= 4 is 17.7 Å². The fourth-order valence-corrected chi connectivity index (χ4v) is 1.44. The highest BCUT2D eigenvalue weighted by atomic mass is 19.1. The van der Waals surface area contributed by atoms with E-state index >= 15 is 0 Å². The van der Waals surface area contributed by atoms with Crippen molar-refractivity contribution in [1.82, 2.24) is 5.32 Å². The van der Waals surface area contributed by atoms with Crippen LogP contribution in [0.1, 0.15) is 27.7 Å². The Kier molecular flexibility index (Phi) is 4.37. The number of carboxylic acids is 1. The van der Waals surface area contributed by atoms with Crippen LogP contribution < -0.4 is 10.6 Å². The van der Waals surface area contributed by atoms with Gasteiger partial charge in [-0.15, -0.1) is 0 Å². The Labute approximate surface area is 117 Å². The molecule has 20 heavy (non-hydrogen) atoms. The molecule has 6 heteroatoms. The standard InChI is InChI=1S/C14H19FN2O3/c1-13(2,11(18)19)14(3,4)17-12(20)16-10-7-5-6-9(15)8-10/h5-8H,1-4H3,(H,18,19)(H2,16,17,20). The number of amides is 2. The number of hydrogen-bond acceptors (Lipinski definition) is 2. The summed E-state index contributed by atoms with van der Waals surface area (Å²) in [5.74, 6) is -1.48. The molecule has 3 N–H and O–H groups in total. The summed E-state index contributed by atoms with van der Waals surface area (Å²) in [4.78, 5) is 23.1. The summed E-state index contributed by atoms with van der Waals surface area (Å²) in [6.07, 6.45) is 0. The topological polar surface area (TPSA) is 78.4 Å². The molecular weight excluding hydrogens is 263 g/mol. The molecule has 5 nitrogen and oxygen atoms in total. The maximum Gasteiger partial charge on any atom is 0.319 e. The molecule has 0 aliphatic carbocycles. The highest BCUT2D eigenvalue weighted by molar-refractivity contribution is 5.90. The molecule has 0 radical (unpaired) electrons. The lowest BCUT2D eigenvalue weighted by atomic mass is 9.74. The fraction of sp³-hybridized carbons (Fsp3) is 0.429. The van der Waals surface area contributed by atoms with E-state index in [1.807, 2.05) is 0 Å². The van der Waals surface area contributed by atoms with Crippen molar-refractivity contribution in [3.05, 3.63) is 30.1 Å². The predicted octanol–water partition coefficient (Wildman–Crippen LogP) is 2.84. The summed E-state index contributed by atoms with van der Waals surface area (Å²) < 4.78 is 13.0. The maximum atomic E-state index is 13.0. The third-order valence-corrected chi connectivity index (χ3v) is 3.61. The Morgan fingerprint density at radius 1 is 1.20 bits per heavy atom. The average molecular weight is 282 g/mol. The Morgan fingerprint density at radius 3 is 2.30 bits per heavy atom. The Hall–Kier alpha value is -2.11. The number of benzene rings is 1. The molecule has 0 aromatic heterocycles. The minimum Gasteiger partial charge on any atom is -0.481 e. The first kappa shape index (κ1) is 15.9. The second-order valence-corrected chi connectivity index (χ2v) is 5.64. The van der Waals surface area contributed by atoms with Gasteiger partial charge in [-0.2, -0.15) is 0 Å². The largest absolute Gasteiger partial charge is 0.481 e. The van der Waals surface area contributed by atoms with Gasteiger partial charge in [0.2, 0.25) is 0 Å². The van der Waals surface area contributed by atoms with Gasteiger partial charge in [0.1, 0.15) is 5.82 Å². The van der Waals surface area contributed by atoms with Crippen LogP contribution in [-0.2, 0) is 4.79 Å². The van der Waals surface area contributed by atoms with Crippen LogP contribution in [0.15, 0.2) is 24.3 Å². The summed E-state index contributed by atoms with van der Waals surface area (Å²) in [6.45, 7) is 6.29. The number of anilines is 1. The molecular formula is C14H19FN2O3. The zero-order chi connectivity index (χ0) is 15.6. The minimum atomic E-state index is -1.16. The third kappa shape index (κ3) is 3.46. The molecule has 1 rings (SSSR count). The number of aliphatic carboxylic acids is 1. The van der Waals surface area contributed by atoms with E-state index in [1.54, 1.807) is 13.8 Å². The summed E-state index contributed by atoms with van der Waals surface area (Å²) in [6, 6.07) is 4.86. The molecule has 0 aliphatic heterocycles. The second kappa shape index (κ2) is 5.48. The zero-order valence-corrected chi connectivity index (χ0v) is 12.0. The normalized spacial score (nSPS) is 11.8. The lowest BCUT2D eigenvalue weighted by Crippen LogP contribution is -2.57. The van der Waals surface area contributed by atoms with Gasteiger partial charge in [0, 0.05) is 5.69 Å². The summed E-state index contributed by atoms with van der Waals surface area (Å²) >= 11 is 0. The van der Waals surface area contributed by atoms with Gasteiger partial charge in [-0.25, -0.2) is 9.18 Å². The molecule has 0 bridgehead atoms. The van der Waals surface area contributed by atoms with E-state index in [0.717, 1.165) is 0 Å². The van der Waals surface area contributed by atoms with Crippen molar-refractivity contribution in [3.8, 4) is 0 Å². The van der Waals surface area contributed by atoms with E-state index in [1.165, 1.54) is 38.1 Å². The van der Waals surface area contributed by atoms with Crippen molar-refractivity contribution in [1.29, 1.82) is 0 Å². The van der Waals surface area contributed by atoms with Crippen LogP contribution in [0, 0.1) is 11.2 Å². The number of nitrogens with one attached hydrogen (secondary N) is 2. The Balaban J connectivity index is 2.78. The molecule has 1 aromatic rings. The molecule has 1 aromatic carbocycles. The maximum absolute atomic E-state index is 13.0. The summed E-state index contributed by atoms with van der Waals surface area (Å²) in [5.41, 5.74) is -1.85. The van der Waals surface area contributed by atoms with Crippen molar-refractivity contribution < 1.29 is 19.1 Å². The van der Waals surface area contributed by atoms with E-state index in [-0.39, 0.29) is 0 Å². The molecule has 0 saturated carbocycles. The number of rotatable bonds is 4. The number of halogens is 1. The van der Waals surface area contributed by atoms with Gasteiger partial charge in [-0.05, 0) is 45.9 Å². The van der Waals surface area contributed by atoms with Crippen molar-refractivity contribution in [3.63, 3.8) is 0 Å². The van der Waals surface area contributed by atoms with E-state index < -0.39 is 28.8 Å². The van der Waals surface area contributed by atoms with Gasteiger partial charge < -0.3 is 15.7 Å². The molecule has 0 saturated heterocycles. The molecule has 0 spiro atoms. The number of hydrogen-bond donors (Lipinski definition) is 3. The first-order valence-corrected chi connectivity index (χ1v) is 6.14. The predicted molar refractivity (Wildman–Crippen MR) is 74.1 cm³/mol. The molecule has 0 atom stereocenters. The Bertz CT molecular complexity index is 527. The third-order valence-electron chi connectivity index (χ3n) is 3.61. The molecule has 2 amide bonds. The molecule has 0 unspecified atom stereocenters. The van der Waals surface area contributed by atoms with Crippen molar-refractivity contribution in [2.24, 2.45) is 5.41 Å². The Morgan fingerprint density at radius 2 is 1.80 bits per heavy atom. The summed E-state index contributed by atoms with van der Waals surface area (Å²) in [5, 5.41) is 14.3. The van der Waals surface area contributed by atoms with Gasteiger partial charge in [0.15, 0.2) is 0 Å². The van der Waals surface area contributed by atoms with E-state index in [4.69, 9.17) is 0 Å². The van der Waals surface area contributed by atoms with Crippen LogP contribution in [0.25, 0.3) is 0 Å². The quantitative estimate of drug-likeness (QED) is 0.794. The van der Waals surface area contributed by atoms with Gasteiger partial charge in [0.25, 0.3) is 0 Å². The molecule has 110 valence electrons. The van der Waals surface area contributed by atoms with Gasteiger partial charge in [-0.3, -0.25) is 4.79 Å². The van der Waals surface area contributed by atoms with Gasteiger partial charge in [-0.1, -0.05) is 6.07 Å². The first-order chi connectivity index (χ1) is 9.06. The lowest BCUT2D eigenvalue weighted by Gasteiger charge is -2.38. The number of carbonyl (C=O) groups is 2. The second-order valence-electron chi connectivity index (χ2n) is 5.64. The lowest BCUT2D eigenvalue weighted by molar-refractivity contribution is -0.150. The molecule has 0 fully saturated rings. The SMILES string of the molecule is CC(C)(NC(=O)Nc1cccc(F)c1)C(C)(C)C(=O)O.